The van der Waals surface area contributed by atoms with Crippen molar-refractivity contribution < 1.29 is 9.47 Å². The van der Waals surface area contributed by atoms with Gasteiger partial charge in [-0.15, -0.1) is 0 Å². The van der Waals surface area contributed by atoms with E-state index in [4.69, 9.17) is 32.7 Å². The summed E-state index contributed by atoms with van der Waals surface area (Å²) in [5.74, 6) is 1.80. The van der Waals surface area contributed by atoms with E-state index in [-0.39, 0.29) is 5.28 Å². The van der Waals surface area contributed by atoms with Gasteiger partial charge in [0.2, 0.25) is 5.28 Å². The minimum atomic E-state index is 0.112. The molecule has 21 heavy (non-hydrogen) atoms. The third kappa shape index (κ3) is 4.12. The average molecular weight is 328 g/mol. The van der Waals surface area contributed by atoms with E-state index >= 15 is 0 Å². The van der Waals surface area contributed by atoms with Crippen molar-refractivity contribution in [3.8, 4) is 11.5 Å². The highest BCUT2D eigenvalue weighted by Gasteiger charge is 2.10. The van der Waals surface area contributed by atoms with Crippen LogP contribution < -0.4 is 14.8 Å². The normalized spacial score (nSPS) is 10.3. The molecule has 0 atom stereocenters. The fourth-order valence-corrected chi connectivity index (χ4v) is 1.98. The van der Waals surface area contributed by atoms with Crippen LogP contribution in [0.3, 0.4) is 0 Å². The zero-order chi connectivity index (χ0) is 15.2. The zero-order valence-electron chi connectivity index (χ0n) is 11.7. The lowest BCUT2D eigenvalue weighted by atomic mass is 10.2. The Balaban J connectivity index is 2.35. The molecule has 2 rings (SSSR count). The molecule has 0 amide bonds. The van der Waals surface area contributed by atoms with Crippen molar-refractivity contribution in [3.63, 3.8) is 0 Å². The molecule has 7 heteroatoms. The Kier molecular flexibility index (Phi) is 5.47. The fraction of sp³-hybridized carbons (Fsp3) is 0.286. The van der Waals surface area contributed by atoms with Gasteiger partial charge < -0.3 is 14.8 Å². The van der Waals surface area contributed by atoms with Crippen LogP contribution in [0.2, 0.25) is 10.3 Å². The average Bonchev–Trinajstić information content (AvgIpc) is 2.46. The number of hydrogen-bond acceptors (Lipinski definition) is 5. The molecule has 0 radical (unpaired) electrons. The first kappa shape index (κ1) is 15.7. The van der Waals surface area contributed by atoms with E-state index in [1.807, 2.05) is 32.0 Å². The van der Waals surface area contributed by atoms with Crippen molar-refractivity contribution in [2.75, 3.05) is 18.5 Å². The summed E-state index contributed by atoms with van der Waals surface area (Å²) in [6.45, 7) is 4.95. The largest absolute Gasteiger partial charge is 0.494 e. The third-order valence-electron chi connectivity index (χ3n) is 2.53. The second kappa shape index (κ2) is 7.33. The van der Waals surface area contributed by atoms with E-state index < -0.39 is 0 Å². The van der Waals surface area contributed by atoms with Gasteiger partial charge in [0, 0.05) is 6.07 Å². The molecular formula is C14H15Cl2N3O2. The third-order valence-corrected chi connectivity index (χ3v) is 2.99. The minimum Gasteiger partial charge on any atom is -0.494 e. The van der Waals surface area contributed by atoms with Gasteiger partial charge in [-0.05, 0) is 37.6 Å². The molecule has 5 nitrogen and oxygen atoms in total. The summed E-state index contributed by atoms with van der Waals surface area (Å²) in [5, 5.41) is 3.57. The van der Waals surface area contributed by atoms with Gasteiger partial charge in [0.25, 0.3) is 0 Å². The molecule has 1 N–H and O–H groups in total. The zero-order valence-corrected chi connectivity index (χ0v) is 13.2. The van der Waals surface area contributed by atoms with Gasteiger partial charge in [-0.3, -0.25) is 0 Å². The number of rotatable bonds is 6. The Morgan fingerprint density at radius 2 is 1.90 bits per heavy atom. The molecule has 0 aliphatic heterocycles. The van der Waals surface area contributed by atoms with Crippen LogP contribution in [0, 0.1) is 0 Å². The summed E-state index contributed by atoms with van der Waals surface area (Å²) in [6.07, 6.45) is 1.44. The Morgan fingerprint density at radius 3 is 2.62 bits per heavy atom. The lowest BCUT2D eigenvalue weighted by molar-refractivity contribution is 0.332. The number of nitrogens with zero attached hydrogens (tertiary/aromatic N) is 2. The molecule has 2 aromatic rings. The Labute approximate surface area is 133 Å². The van der Waals surface area contributed by atoms with Crippen molar-refractivity contribution in [1.29, 1.82) is 0 Å². The van der Waals surface area contributed by atoms with Crippen molar-refractivity contribution in [3.05, 3.63) is 34.7 Å². The molecule has 0 saturated carbocycles. The highest BCUT2D eigenvalue weighted by Crippen LogP contribution is 2.33. The van der Waals surface area contributed by atoms with Gasteiger partial charge in [-0.2, -0.15) is 4.98 Å². The Morgan fingerprint density at radius 1 is 1.14 bits per heavy atom. The van der Waals surface area contributed by atoms with Crippen LogP contribution >= 0.6 is 23.2 Å². The summed E-state index contributed by atoms with van der Waals surface area (Å²) in [5.41, 5.74) is 0.694. The predicted octanol–water partition coefficient (Wildman–Crippen LogP) is 4.32. The molecule has 1 aromatic carbocycles. The molecule has 0 aliphatic carbocycles. The second-order valence-corrected chi connectivity index (χ2v) is 4.73. The molecular weight excluding hydrogens is 313 g/mol. The number of anilines is 2. The van der Waals surface area contributed by atoms with E-state index in [2.05, 4.69) is 15.3 Å². The maximum atomic E-state index is 6.06. The standard InChI is InChI=1S/C14H15Cl2N3O2/c1-3-20-9-5-6-12(21-4-2)11(7-9)18-13-10(15)8-17-14(16)19-13/h5-8H,3-4H2,1-2H3,(H,17,18,19). The van der Waals surface area contributed by atoms with Gasteiger partial charge in [0.05, 0.1) is 25.1 Å². The van der Waals surface area contributed by atoms with Gasteiger partial charge >= 0.3 is 0 Å². The van der Waals surface area contributed by atoms with Gasteiger partial charge in [0.1, 0.15) is 16.5 Å². The minimum absolute atomic E-state index is 0.112. The van der Waals surface area contributed by atoms with E-state index in [1.165, 1.54) is 6.20 Å². The summed E-state index contributed by atoms with van der Waals surface area (Å²) >= 11 is 11.8. The molecule has 112 valence electrons. The van der Waals surface area contributed by atoms with Crippen molar-refractivity contribution >= 4 is 34.7 Å². The number of hydrogen-bond donors (Lipinski definition) is 1. The van der Waals surface area contributed by atoms with Crippen LogP contribution in [0.1, 0.15) is 13.8 Å². The van der Waals surface area contributed by atoms with Crippen LogP contribution in [-0.4, -0.2) is 23.2 Å². The fourth-order valence-electron chi connectivity index (χ4n) is 1.71. The van der Waals surface area contributed by atoms with Crippen LogP contribution in [-0.2, 0) is 0 Å². The first-order valence-electron chi connectivity index (χ1n) is 6.48. The van der Waals surface area contributed by atoms with Crippen molar-refractivity contribution in [2.45, 2.75) is 13.8 Å². The topological polar surface area (TPSA) is 56.3 Å². The van der Waals surface area contributed by atoms with Gasteiger partial charge in [0.15, 0.2) is 5.82 Å². The molecule has 0 spiro atoms. The highest BCUT2D eigenvalue weighted by atomic mass is 35.5. The van der Waals surface area contributed by atoms with E-state index in [1.54, 1.807) is 0 Å². The molecule has 0 fully saturated rings. The lowest BCUT2D eigenvalue weighted by Gasteiger charge is -2.14. The SMILES string of the molecule is CCOc1ccc(OCC)c(Nc2nc(Cl)ncc2Cl)c1. The monoisotopic (exact) mass is 327 g/mol. The Bertz CT molecular complexity index is 623. The number of nitrogens with one attached hydrogen (secondary N) is 1. The number of benzene rings is 1. The van der Waals surface area contributed by atoms with Crippen LogP contribution in [0.15, 0.2) is 24.4 Å². The van der Waals surface area contributed by atoms with Crippen LogP contribution in [0.5, 0.6) is 11.5 Å². The highest BCUT2D eigenvalue weighted by molar-refractivity contribution is 6.33. The molecule has 0 bridgehead atoms. The van der Waals surface area contributed by atoms with Crippen molar-refractivity contribution in [2.24, 2.45) is 0 Å². The second-order valence-electron chi connectivity index (χ2n) is 3.98. The van der Waals surface area contributed by atoms with Crippen LogP contribution in [0.25, 0.3) is 0 Å². The number of ether oxygens (including phenoxy) is 2. The summed E-state index contributed by atoms with van der Waals surface area (Å²) in [6, 6.07) is 5.49. The van der Waals surface area contributed by atoms with E-state index in [0.29, 0.717) is 35.5 Å². The van der Waals surface area contributed by atoms with Crippen molar-refractivity contribution in [1.82, 2.24) is 9.97 Å². The number of aromatic nitrogens is 2. The molecule has 0 saturated heterocycles. The van der Waals surface area contributed by atoms with Gasteiger partial charge in [-0.25, -0.2) is 4.98 Å². The Hall–Kier alpha value is -1.72. The number of halogens is 2. The maximum Gasteiger partial charge on any atom is 0.224 e. The van der Waals surface area contributed by atoms with Crippen LogP contribution in [0.4, 0.5) is 11.5 Å². The van der Waals surface area contributed by atoms with Gasteiger partial charge in [-0.1, -0.05) is 11.6 Å². The molecule has 0 unspecified atom stereocenters. The maximum absolute atomic E-state index is 6.06. The summed E-state index contributed by atoms with van der Waals surface area (Å²) in [4.78, 5) is 7.87. The quantitative estimate of drug-likeness (QED) is 0.800. The summed E-state index contributed by atoms with van der Waals surface area (Å²) in [7, 11) is 0. The smallest absolute Gasteiger partial charge is 0.224 e. The predicted molar refractivity (Wildman–Crippen MR) is 84.1 cm³/mol. The molecule has 0 aliphatic rings. The molecule has 1 heterocycles. The van der Waals surface area contributed by atoms with E-state index in [0.717, 1.165) is 5.75 Å². The molecule has 1 aromatic heterocycles. The summed E-state index contributed by atoms with van der Waals surface area (Å²) < 4.78 is 11.1. The van der Waals surface area contributed by atoms with E-state index in [9.17, 15) is 0 Å². The lowest BCUT2D eigenvalue weighted by Crippen LogP contribution is -2.01. The first-order chi connectivity index (χ1) is 10.1. The first-order valence-corrected chi connectivity index (χ1v) is 7.24.